The highest BCUT2D eigenvalue weighted by molar-refractivity contribution is 5.33. The first-order valence-corrected chi connectivity index (χ1v) is 6.09. The quantitative estimate of drug-likeness (QED) is 0.791. The molecular weight excluding hydrogens is 212 g/mol. The fourth-order valence-electron chi connectivity index (χ4n) is 1.67. The Balaban J connectivity index is 2.47. The summed E-state index contributed by atoms with van der Waals surface area (Å²) in [6, 6.07) is 9.94. The van der Waals surface area contributed by atoms with E-state index in [1.807, 2.05) is 25.1 Å². The molecule has 0 aromatic heterocycles. The first-order valence-electron chi connectivity index (χ1n) is 6.09. The second-order valence-electron chi connectivity index (χ2n) is 4.26. The molecule has 17 heavy (non-hydrogen) atoms. The molecule has 3 heteroatoms. The number of rotatable bonds is 6. The van der Waals surface area contributed by atoms with Crippen molar-refractivity contribution in [2.45, 2.75) is 38.8 Å². The Labute approximate surface area is 103 Å². The molecule has 0 saturated carbocycles. The zero-order valence-electron chi connectivity index (χ0n) is 10.5. The Kier molecular flexibility index (Phi) is 5.68. The highest BCUT2D eigenvalue weighted by Crippen LogP contribution is 2.13. The van der Waals surface area contributed by atoms with Crippen molar-refractivity contribution < 1.29 is 5.11 Å². The Bertz CT molecular complexity index is 384. The second-order valence-corrected chi connectivity index (χ2v) is 4.26. The summed E-state index contributed by atoms with van der Waals surface area (Å²) in [7, 11) is 0. The average molecular weight is 232 g/mol. The highest BCUT2D eigenvalue weighted by Gasteiger charge is 2.06. The lowest BCUT2D eigenvalue weighted by Crippen LogP contribution is -2.23. The van der Waals surface area contributed by atoms with E-state index in [1.165, 1.54) is 0 Å². The predicted octanol–water partition coefficient (Wildman–Crippen LogP) is 2.37. The molecule has 0 bridgehead atoms. The molecule has 0 saturated heterocycles. The van der Waals surface area contributed by atoms with Crippen molar-refractivity contribution in [3.05, 3.63) is 35.4 Å². The summed E-state index contributed by atoms with van der Waals surface area (Å²) >= 11 is 0. The zero-order chi connectivity index (χ0) is 12.7. The number of nitrogens with zero attached hydrogens (tertiary/aromatic N) is 1. The fourth-order valence-corrected chi connectivity index (χ4v) is 1.67. The van der Waals surface area contributed by atoms with Gasteiger partial charge in [0, 0.05) is 6.04 Å². The summed E-state index contributed by atoms with van der Waals surface area (Å²) in [5.74, 6) is 0. The molecular formula is C14H20N2O. The van der Waals surface area contributed by atoms with Crippen LogP contribution in [-0.4, -0.2) is 17.8 Å². The molecule has 1 aromatic carbocycles. The number of benzene rings is 1. The maximum Gasteiger partial charge on any atom is 0.0991 e. The molecule has 1 rings (SSSR count). The number of hydrogen-bond donors (Lipinski definition) is 2. The van der Waals surface area contributed by atoms with Crippen LogP contribution >= 0.6 is 0 Å². The minimum Gasteiger partial charge on any atom is -0.393 e. The van der Waals surface area contributed by atoms with Crippen molar-refractivity contribution in [3.63, 3.8) is 0 Å². The summed E-state index contributed by atoms with van der Waals surface area (Å²) in [6.07, 6.45) is 1.33. The molecule has 2 N–H and O–H groups in total. The minimum absolute atomic E-state index is 0.201. The van der Waals surface area contributed by atoms with Crippen LogP contribution in [0.1, 0.15) is 43.9 Å². The lowest BCUT2D eigenvalue weighted by Gasteiger charge is -2.15. The van der Waals surface area contributed by atoms with Crippen molar-refractivity contribution in [1.82, 2.24) is 5.32 Å². The molecule has 3 nitrogen and oxygen atoms in total. The second kappa shape index (κ2) is 7.05. The van der Waals surface area contributed by atoms with Crippen LogP contribution in [0.25, 0.3) is 0 Å². The van der Waals surface area contributed by atoms with Gasteiger partial charge in [0.2, 0.25) is 0 Å². The van der Waals surface area contributed by atoms with Crippen LogP contribution in [0.4, 0.5) is 0 Å². The Hall–Kier alpha value is -1.37. The van der Waals surface area contributed by atoms with Gasteiger partial charge in [0.25, 0.3) is 0 Å². The molecule has 1 aromatic rings. The zero-order valence-corrected chi connectivity index (χ0v) is 10.5. The fraction of sp³-hybridized carbons (Fsp3) is 0.500. The molecule has 0 radical (unpaired) electrons. The minimum atomic E-state index is -0.222. The molecule has 2 unspecified atom stereocenters. The predicted molar refractivity (Wildman–Crippen MR) is 68.5 cm³/mol. The van der Waals surface area contributed by atoms with Crippen LogP contribution in [0.2, 0.25) is 0 Å². The van der Waals surface area contributed by atoms with Crippen LogP contribution in [0.5, 0.6) is 0 Å². The van der Waals surface area contributed by atoms with Gasteiger partial charge < -0.3 is 10.4 Å². The van der Waals surface area contributed by atoms with Gasteiger partial charge in [0.15, 0.2) is 0 Å². The van der Waals surface area contributed by atoms with E-state index in [9.17, 15) is 5.11 Å². The average Bonchev–Trinajstić information content (AvgIpc) is 2.38. The number of aliphatic hydroxyl groups is 1. The lowest BCUT2D eigenvalue weighted by molar-refractivity contribution is 0.159. The van der Waals surface area contributed by atoms with Crippen molar-refractivity contribution in [2.24, 2.45) is 0 Å². The van der Waals surface area contributed by atoms with Crippen LogP contribution in [0, 0.1) is 11.3 Å². The molecule has 0 fully saturated rings. The topological polar surface area (TPSA) is 56.0 Å². The standard InChI is InChI=1S/C14H20N2O/c1-3-14(17)7-8-16-11(2)13-6-4-5-12(9-13)10-15/h4-6,9,11,14,16-17H,3,7-8H2,1-2H3. The first kappa shape index (κ1) is 13.7. The van der Waals surface area contributed by atoms with E-state index in [2.05, 4.69) is 18.3 Å². The third-order valence-electron chi connectivity index (χ3n) is 2.92. The summed E-state index contributed by atoms with van der Waals surface area (Å²) in [4.78, 5) is 0. The normalized spacial score (nSPS) is 14.0. The molecule has 0 aliphatic heterocycles. The summed E-state index contributed by atoms with van der Waals surface area (Å²) in [6.45, 7) is 4.83. The van der Waals surface area contributed by atoms with Crippen LogP contribution in [-0.2, 0) is 0 Å². The smallest absolute Gasteiger partial charge is 0.0991 e. The molecule has 0 spiro atoms. The number of hydrogen-bond acceptors (Lipinski definition) is 3. The largest absolute Gasteiger partial charge is 0.393 e. The summed E-state index contributed by atoms with van der Waals surface area (Å²) in [5, 5.41) is 21.6. The van der Waals surface area contributed by atoms with Gasteiger partial charge in [0.1, 0.15) is 0 Å². The van der Waals surface area contributed by atoms with Gasteiger partial charge in [-0.2, -0.15) is 5.26 Å². The summed E-state index contributed by atoms with van der Waals surface area (Å²) < 4.78 is 0. The lowest BCUT2D eigenvalue weighted by atomic mass is 10.1. The highest BCUT2D eigenvalue weighted by atomic mass is 16.3. The number of aliphatic hydroxyl groups excluding tert-OH is 1. The van der Waals surface area contributed by atoms with Gasteiger partial charge in [-0.1, -0.05) is 19.1 Å². The van der Waals surface area contributed by atoms with E-state index < -0.39 is 0 Å². The Morgan fingerprint density at radius 1 is 1.47 bits per heavy atom. The van der Waals surface area contributed by atoms with Gasteiger partial charge in [-0.25, -0.2) is 0 Å². The third-order valence-corrected chi connectivity index (χ3v) is 2.92. The maximum atomic E-state index is 9.44. The molecule has 0 amide bonds. The SMILES string of the molecule is CCC(O)CCNC(C)c1cccc(C#N)c1. The Morgan fingerprint density at radius 3 is 2.88 bits per heavy atom. The van der Waals surface area contributed by atoms with Gasteiger partial charge in [-0.05, 0) is 44.0 Å². The molecule has 0 aliphatic carbocycles. The Morgan fingerprint density at radius 2 is 2.24 bits per heavy atom. The van der Waals surface area contributed by atoms with Crippen molar-refractivity contribution >= 4 is 0 Å². The third kappa shape index (κ3) is 4.56. The van der Waals surface area contributed by atoms with E-state index >= 15 is 0 Å². The first-order chi connectivity index (χ1) is 8.17. The molecule has 0 aliphatic rings. The van der Waals surface area contributed by atoms with Crippen LogP contribution < -0.4 is 5.32 Å². The van der Waals surface area contributed by atoms with Crippen molar-refractivity contribution in [1.29, 1.82) is 5.26 Å². The van der Waals surface area contributed by atoms with E-state index in [-0.39, 0.29) is 12.1 Å². The van der Waals surface area contributed by atoms with Crippen LogP contribution in [0.15, 0.2) is 24.3 Å². The van der Waals surface area contributed by atoms with Gasteiger partial charge in [0.05, 0.1) is 17.7 Å². The summed E-state index contributed by atoms with van der Waals surface area (Å²) in [5.41, 5.74) is 1.79. The van der Waals surface area contributed by atoms with Crippen molar-refractivity contribution in [2.75, 3.05) is 6.54 Å². The number of nitriles is 1. The number of nitrogens with one attached hydrogen (secondary N) is 1. The van der Waals surface area contributed by atoms with E-state index in [4.69, 9.17) is 5.26 Å². The van der Waals surface area contributed by atoms with Gasteiger partial charge in [-0.15, -0.1) is 0 Å². The molecule has 92 valence electrons. The van der Waals surface area contributed by atoms with Crippen LogP contribution in [0.3, 0.4) is 0 Å². The maximum absolute atomic E-state index is 9.44. The molecule has 0 heterocycles. The van der Waals surface area contributed by atoms with Gasteiger partial charge >= 0.3 is 0 Å². The van der Waals surface area contributed by atoms with Crippen molar-refractivity contribution in [3.8, 4) is 6.07 Å². The van der Waals surface area contributed by atoms with E-state index in [1.54, 1.807) is 6.07 Å². The molecule has 2 atom stereocenters. The monoisotopic (exact) mass is 232 g/mol. The van der Waals surface area contributed by atoms with E-state index in [0.29, 0.717) is 5.56 Å². The van der Waals surface area contributed by atoms with E-state index in [0.717, 1.165) is 24.9 Å². The van der Waals surface area contributed by atoms with Gasteiger partial charge in [-0.3, -0.25) is 0 Å².